The number of para-hydroxylation sites is 1. The Morgan fingerprint density at radius 3 is 2.60 bits per heavy atom. The van der Waals surface area contributed by atoms with E-state index in [1.807, 2.05) is 24.3 Å². The van der Waals surface area contributed by atoms with E-state index in [9.17, 15) is 8.78 Å². The molecule has 0 saturated heterocycles. The van der Waals surface area contributed by atoms with Gasteiger partial charge in [-0.1, -0.05) is 24.3 Å². The van der Waals surface area contributed by atoms with Crippen molar-refractivity contribution in [2.75, 3.05) is 7.05 Å². The van der Waals surface area contributed by atoms with E-state index in [2.05, 4.69) is 5.32 Å². The van der Waals surface area contributed by atoms with Crippen LogP contribution in [0.2, 0.25) is 0 Å². The Morgan fingerprint density at radius 2 is 1.85 bits per heavy atom. The van der Waals surface area contributed by atoms with Crippen LogP contribution in [-0.2, 0) is 0 Å². The van der Waals surface area contributed by atoms with Crippen molar-refractivity contribution in [2.45, 2.75) is 6.04 Å². The lowest BCUT2D eigenvalue weighted by Gasteiger charge is -2.15. The molecule has 0 radical (unpaired) electrons. The summed E-state index contributed by atoms with van der Waals surface area (Å²) in [6.45, 7) is 0. The summed E-state index contributed by atoms with van der Waals surface area (Å²) in [7, 11) is 1.77. The number of benzene rings is 2. The number of halogens is 2. The molecule has 3 rings (SSSR count). The molecule has 1 N–H and O–H groups in total. The monoisotopic (exact) mass is 273 g/mol. The van der Waals surface area contributed by atoms with E-state index in [1.54, 1.807) is 19.4 Å². The highest BCUT2D eigenvalue weighted by Gasteiger charge is 2.18. The third kappa shape index (κ3) is 2.08. The number of hydrogen-bond donors (Lipinski definition) is 1. The predicted molar refractivity (Wildman–Crippen MR) is 73.5 cm³/mol. The number of nitrogens with one attached hydrogen (secondary N) is 1. The van der Waals surface area contributed by atoms with Crippen LogP contribution in [0.4, 0.5) is 8.78 Å². The summed E-state index contributed by atoms with van der Waals surface area (Å²) in [4.78, 5) is 0. The van der Waals surface area contributed by atoms with Crippen LogP contribution in [0.3, 0.4) is 0 Å². The van der Waals surface area contributed by atoms with Gasteiger partial charge in [-0.15, -0.1) is 0 Å². The summed E-state index contributed by atoms with van der Waals surface area (Å²) in [5, 5.41) is 4.07. The van der Waals surface area contributed by atoms with Gasteiger partial charge >= 0.3 is 0 Å². The molecule has 3 aromatic rings. The topological polar surface area (TPSA) is 25.2 Å². The van der Waals surface area contributed by atoms with Crippen molar-refractivity contribution in [3.05, 3.63) is 71.5 Å². The number of hydrogen-bond acceptors (Lipinski definition) is 2. The molecule has 0 bridgehead atoms. The molecule has 0 fully saturated rings. The molecule has 1 heterocycles. The number of furan rings is 1. The number of fused-ring (bicyclic) bond motifs is 1. The van der Waals surface area contributed by atoms with Gasteiger partial charge in [0.2, 0.25) is 0 Å². The standard InChI is InChI=1S/C16H13F2NO/c1-19-16(10-6-7-13(17)14(18)8-10)12-9-20-15-5-3-2-4-11(12)15/h2-9,16,19H,1H3. The SMILES string of the molecule is CNC(c1ccc(F)c(F)c1)c1coc2ccccc12. The fourth-order valence-electron chi connectivity index (χ4n) is 2.42. The Labute approximate surface area is 115 Å². The second-order valence-electron chi connectivity index (χ2n) is 4.58. The lowest BCUT2D eigenvalue weighted by molar-refractivity contribution is 0.504. The Kier molecular flexibility index (Phi) is 3.24. The molecule has 0 saturated carbocycles. The van der Waals surface area contributed by atoms with Crippen molar-refractivity contribution in [3.8, 4) is 0 Å². The molecular weight excluding hydrogens is 260 g/mol. The second-order valence-corrected chi connectivity index (χ2v) is 4.58. The molecule has 0 aliphatic heterocycles. The highest BCUT2D eigenvalue weighted by Crippen LogP contribution is 2.30. The van der Waals surface area contributed by atoms with Gasteiger partial charge in [-0.25, -0.2) is 8.78 Å². The summed E-state index contributed by atoms with van der Waals surface area (Å²) >= 11 is 0. The van der Waals surface area contributed by atoms with E-state index in [0.29, 0.717) is 5.56 Å². The normalized spacial score (nSPS) is 12.8. The summed E-state index contributed by atoms with van der Waals surface area (Å²) in [5.74, 6) is -1.70. The largest absolute Gasteiger partial charge is 0.464 e. The molecule has 102 valence electrons. The Morgan fingerprint density at radius 1 is 1.05 bits per heavy atom. The van der Waals surface area contributed by atoms with Gasteiger partial charge in [0.05, 0.1) is 12.3 Å². The van der Waals surface area contributed by atoms with Crippen LogP contribution in [0, 0.1) is 11.6 Å². The molecule has 1 aromatic heterocycles. The van der Waals surface area contributed by atoms with Crippen LogP contribution in [0.15, 0.2) is 53.1 Å². The molecule has 0 spiro atoms. The molecular formula is C16H13F2NO. The van der Waals surface area contributed by atoms with Crippen LogP contribution in [0.5, 0.6) is 0 Å². The molecule has 0 amide bonds. The third-order valence-corrected chi connectivity index (χ3v) is 3.39. The first-order chi connectivity index (χ1) is 9.70. The van der Waals surface area contributed by atoms with E-state index in [1.165, 1.54) is 6.07 Å². The van der Waals surface area contributed by atoms with Gasteiger partial charge < -0.3 is 9.73 Å². The maximum absolute atomic E-state index is 13.4. The van der Waals surface area contributed by atoms with Crippen LogP contribution in [-0.4, -0.2) is 7.05 Å². The minimum absolute atomic E-state index is 0.256. The summed E-state index contributed by atoms with van der Waals surface area (Å²) in [5.41, 5.74) is 2.32. The van der Waals surface area contributed by atoms with Crippen molar-refractivity contribution in [3.63, 3.8) is 0 Å². The first-order valence-corrected chi connectivity index (χ1v) is 6.29. The van der Waals surface area contributed by atoms with Crippen LogP contribution >= 0.6 is 0 Å². The van der Waals surface area contributed by atoms with Crippen molar-refractivity contribution >= 4 is 11.0 Å². The Bertz CT molecular complexity index is 751. The van der Waals surface area contributed by atoms with Crippen molar-refractivity contribution in [1.29, 1.82) is 0 Å². The molecule has 2 nitrogen and oxygen atoms in total. The van der Waals surface area contributed by atoms with Gasteiger partial charge in [-0.2, -0.15) is 0 Å². The van der Waals surface area contributed by atoms with Gasteiger partial charge in [-0.3, -0.25) is 0 Å². The first kappa shape index (κ1) is 12.8. The zero-order valence-electron chi connectivity index (χ0n) is 10.9. The van der Waals surface area contributed by atoms with Crippen molar-refractivity contribution in [2.24, 2.45) is 0 Å². The molecule has 4 heteroatoms. The van der Waals surface area contributed by atoms with Crippen LogP contribution in [0.1, 0.15) is 17.2 Å². The lowest BCUT2D eigenvalue weighted by Crippen LogP contribution is -2.17. The lowest BCUT2D eigenvalue weighted by atomic mass is 9.98. The molecule has 2 aromatic carbocycles. The van der Waals surface area contributed by atoms with E-state index in [0.717, 1.165) is 22.6 Å². The van der Waals surface area contributed by atoms with E-state index >= 15 is 0 Å². The summed E-state index contributed by atoms with van der Waals surface area (Å²) in [6.07, 6.45) is 1.65. The predicted octanol–water partition coefficient (Wildman–Crippen LogP) is 4.02. The van der Waals surface area contributed by atoms with E-state index in [4.69, 9.17) is 4.42 Å². The zero-order valence-corrected chi connectivity index (χ0v) is 10.9. The first-order valence-electron chi connectivity index (χ1n) is 6.29. The van der Waals surface area contributed by atoms with Crippen molar-refractivity contribution in [1.82, 2.24) is 5.32 Å². The van der Waals surface area contributed by atoms with Gasteiger partial charge in [0.25, 0.3) is 0 Å². The minimum atomic E-state index is -0.851. The van der Waals surface area contributed by atoms with Crippen LogP contribution < -0.4 is 5.32 Å². The maximum Gasteiger partial charge on any atom is 0.159 e. The smallest absolute Gasteiger partial charge is 0.159 e. The Balaban J connectivity index is 2.11. The molecule has 0 aliphatic carbocycles. The van der Waals surface area contributed by atoms with Gasteiger partial charge in [0.1, 0.15) is 5.58 Å². The summed E-state index contributed by atoms with van der Waals surface area (Å²) in [6, 6.07) is 11.3. The average molecular weight is 273 g/mol. The Hall–Kier alpha value is -2.20. The van der Waals surface area contributed by atoms with Gasteiger partial charge in [-0.05, 0) is 30.8 Å². The quantitative estimate of drug-likeness (QED) is 0.779. The maximum atomic E-state index is 13.4. The highest BCUT2D eigenvalue weighted by atomic mass is 19.2. The zero-order chi connectivity index (χ0) is 14.1. The van der Waals surface area contributed by atoms with E-state index < -0.39 is 11.6 Å². The van der Waals surface area contributed by atoms with Gasteiger partial charge in [0, 0.05) is 10.9 Å². The van der Waals surface area contributed by atoms with Crippen molar-refractivity contribution < 1.29 is 13.2 Å². The molecule has 0 aliphatic rings. The number of rotatable bonds is 3. The van der Waals surface area contributed by atoms with Gasteiger partial charge in [0.15, 0.2) is 11.6 Å². The fraction of sp³-hybridized carbons (Fsp3) is 0.125. The van der Waals surface area contributed by atoms with Crippen LogP contribution in [0.25, 0.3) is 11.0 Å². The highest BCUT2D eigenvalue weighted by molar-refractivity contribution is 5.81. The third-order valence-electron chi connectivity index (χ3n) is 3.39. The average Bonchev–Trinajstić information content (AvgIpc) is 2.88. The second kappa shape index (κ2) is 5.06. The molecule has 1 atom stereocenters. The summed E-state index contributed by atoms with van der Waals surface area (Å²) < 4.78 is 32.0. The molecule has 1 unspecified atom stereocenters. The molecule has 20 heavy (non-hydrogen) atoms. The minimum Gasteiger partial charge on any atom is -0.464 e. The van der Waals surface area contributed by atoms with E-state index in [-0.39, 0.29) is 6.04 Å². The fourth-order valence-corrected chi connectivity index (χ4v) is 2.42.